The van der Waals surface area contributed by atoms with Crippen LogP contribution in [0.25, 0.3) is 22.3 Å². The number of nitrogens with zero attached hydrogens (tertiary/aromatic N) is 5. The van der Waals surface area contributed by atoms with Crippen molar-refractivity contribution in [2.45, 2.75) is 19.1 Å². The molecule has 6 rings (SSSR count). The molecule has 2 aromatic heterocycles. The molecule has 0 atom stereocenters. The Bertz CT molecular complexity index is 1320. The molecule has 0 fully saturated rings. The minimum atomic E-state index is 0.188. The minimum Gasteiger partial charge on any atom is -0.309 e. The summed E-state index contributed by atoms with van der Waals surface area (Å²) in [5.41, 5.74) is 4.66. The highest BCUT2D eigenvalue weighted by Crippen LogP contribution is 2.33. The number of hydrogen-bond donors (Lipinski definition) is 0. The molecule has 0 aliphatic carbocycles. The van der Waals surface area contributed by atoms with Crippen LogP contribution in [0.3, 0.4) is 0 Å². The number of rotatable bonds is 4. The van der Waals surface area contributed by atoms with Gasteiger partial charge in [-0.05, 0) is 23.3 Å². The summed E-state index contributed by atoms with van der Waals surface area (Å²) in [4.78, 5) is 7.00. The van der Waals surface area contributed by atoms with Gasteiger partial charge in [-0.25, -0.2) is 0 Å². The Morgan fingerprint density at radius 2 is 1.38 bits per heavy atom. The van der Waals surface area contributed by atoms with E-state index in [2.05, 4.69) is 91.4 Å². The normalized spacial score (nSPS) is 14.0. The zero-order chi connectivity index (χ0) is 21.3. The molecular formula is C27H23N5. The second-order valence-electron chi connectivity index (χ2n) is 8.16. The Balaban J connectivity index is 1.38. The van der Waals surface area contributed by atoms with Crippen molar-refractivity contribution in [2.75, 3.05) is 6.54 Å². The molecule has 0 amide bonds. The summed E-state index contributed by atoms with van der Waals surface area (Å²) in [6.45, 7) is 2.53. The maximum absolute atomic E-state index is 4.62. The van der Waals surface area contributed by atoms with E-state index in [0.29, 0.717) is 0 Å². The number of fused-ring (bicyclic) bond motifs is 2. The smallest absolute Gasteiger partial charge is 0.164 e. The van der Waals surface area contributed by atoms with Crippen LogP contribution in [0.5, 0.6) is 0 Å². The van der Waals surface area contributed by atoms with Gasteiger partial charge in [-0.15, -0.1) is 10.2 Å². The largest absolute Gasteiger partial charge is 0.309 e. The van der Waals surface area contributed by atoms with E-state index in [1.807, 2.05) is 30.5 Å². The predicted molar refractivity (Wildman–Crippen MR) is 126 cm³/mol. The standard InChI is InChI=1S/C27H23N5/c1-3-9-20(10-4-1)26(21-11-5-2-6-12-21)31-17-18-32-25(19-31)29-30-27(32)23-15-16-28-24-14-8-7-13-22(23)24/h1-16,26H,17-19H2. The maximum Gasteiger partial charge on any atom is 0.164 e. The van der Waals surface area contributed by atoms with Crippen molar-refractivity contribution < 1.29 is 0 Å². The minimum absolute atomic E-state index is 0.188. The van der Waals surface area contributed by atoms with Crippen molar-refractivity contribution in [3.05, 3.63) is 114 Å². The molecule has 1 aliphatic rings. The SMILES string of the molecule is c1ccc(C(c2ccccc2)N2CCn3c(nnc3-c3ccnc4ccccc34)C2)cc1. The van der Waals surface area contributed by atoms with Crippen LogP contribution in [0, 0.1) is 0 Å². The van der Waals surface area contributed by atoms with Crippen molar-refractivity contribution >= 4 is 10.9 Å². The summed E-state index contributed by atoms with van der Waals surface area (Å²) >= 11 is 0. The van der Waals surface area contributed by atoms with E-state index in [1.54, 1.807) is 0 Å². The van der Waals surface area contributed by atoms with Crippen LogP contribution in [-0.2, 0) is 13.1 Å². The van der Waals surface area contributed by atoms with Gasteiger partial charge < -0.3 is 4.57 Å². The van der Waals surface area contributed by atoms with Gasteiger partial charge in [0, 0.05) is 30.2 Å². The van der Waals surface area contributed by atoms with E-state index in [4.69, 9.17) is 0 Å². The lowest BCUT2D eigenvalue weighted by atomic mass is 9.96. The monoisotopic (exact) mass is 417 g/mol. The molecule has 3 heterocycles. The fraction of sp³-hybridized carbons (Fsp3) is 0.148. The Labute approximate surface area is 187 Å². The highest BCUT2D eigenvalue weighted by Gasteiger charge is 2.29. The Hall–Kier alpha value is -3.83. The molecular weight excluding hydrogens is 394 g/mol. The van der Waals surface area contributed by atoms with Crippen LogP contribution >= 0.6 is 0 Å². The topological polar surface area (TPSA) is 46.8 Å². The third-order valence-corrected chi connectivity index (χ3v) is 6.27. The van der Waals surface area contributed by atoms with Crippen molar-refractivity contribution in [3.63, 3.8) is 0 Å². The molecule has 0 saturated heterocycles. The highest BCUT2D eigenvalue weighted by atomic mass is 15.3. The third-order valence-electron chi connectivity index (χ3n) is 6.27. The first-order valence-electron chi connectivity index (χ1n) is 11.0. The molecule has 0 unspecified atom stereocenters. The summed E-state index contributed by atoms with van der Waals surface area (Å²) in [5, 5.41) is 10.3. The Morgan fingerprint density at radius 1 is 0.688 bits per heavy atom. The van der Waals surface area contributed by atoms with Crippen molar-refractivity contribution in [1.82, 2.24) is 24.6 Å². The second-order valence-corrected chi connectivity index (χ2v) is 8.16. The average molecular weight is 418 g/mol. The molecule has 1 aliphatic heterocycles. The third kappa shape index (κ3) is 3.27. The van der Waals surface area contributed by atoms with E-state index in [1.165, 1.54) is 11.1 Å². The molecule has 5 heteroatoms. The van der Waals surface area contributed by atoms with Gasteiger partial charge in [0.05, 0.1) is 18.1 Å². The second kappa shape index (κ2) is 8.02. The molecule has 32 heavy (non-hydrogen) atoms. The van der Waals surface area contributed by atoms with Crippen LogP contribution in [0.4, 0.5) is 0 Å². The molecule has 156 valence electrons. The number of aromatic nitrogens is 4. The summed E-state index contributed by atoms with van der Waals surface area (Å²) in [6.07, 6.45) is 1.86. The first-order valence-corrected chi connectivity index (χ1v) is 11.0. The van der Waals surface area contributed by atoms with Gasteiger partial charge in [0.15, 0.2) is 5.82 Å². The molecule has 0 bridgehead atoms. The predicted octanol–water partition coefficient (Wildman–Crippen LogP) is 5.10. The van der Waals surface area contributed by atoms with Gasteiger partial charge in [0.2, 0.25) is 0 Å². The first-order chi connectivity index (χ1) is 15.9. The van der Waals surface area contributed by atoms with Crippen molar-refractivity contribution in [2.24, 2.45) is 0 Å². The van der Waals surface area contributed by atoms with Gasteiger partial charge in [0.1, 0.15) is 5.82 Å². The molecule has 5 nitrogen and oxygen atoms in total. The number of pyridine rings is 1. The van der Waals surface area contributed by atoms with Crippen molar-refractivity contribution in [3.8, 4) is 11.4 Å². The van der Waals surface area contributed by atoms with Gasteiger partial charge in [0.25, 0.3) is 0 Å². The van der Waals surface area contributed by atoms with E-state index in [-0.39, 0.29) is 6.04 Å². The van der Waals surface area contributed by atoms with Crippen LogP contribution in [0.1, 0.15) is 23.0 Å². The van der Waals surface area contributed by atoms with E-state index >= 15 is 0 Å². The lowest BCUT2D eigenvalue weighted by molar-refractivity contribution is 0.176. The molecule has 0 saturated carbocycles. The van der Waals surface area contributed by atoms with Gasteiger partial charge >= 0.3 is 0 Å². The van der Waals surface area contributed by atoms with Crippen LogP contribution in [0.2, 0.25) is 0 Å². The zero-order valence-corrected chi connectivity index (χ0v) is 17.7. The van der Waals surface area contributed by atoms with E-state index in [0.717, 1.165) is 47.7 Å². The zero-order valence-electron chi connectivity index (χ0n) is 17.7. The number of hydrogen-bond acceptors (Lipinski definition) is 4. The van der Waals surface area contributed by atoms with Crippen LogP contribution < -0.4 is 0 Å². The lowest BCUT2D eigenvalue weighted by Crippen LogP contribution is -2.37. The quantitative estimate of drug-likeness (QED) is 0.408. The van der Waals surface area contributed by atoms with Gasteiger partial charge in [-0.2, -0.15) is 0 Å². The van der Waals surface area contributed by atoms with Gasteiger partial charge in [-0.1, -0.05) is 78.9 Å². The summed E-state index contributed by atoms with van der Waals surface area (Å²) < 4.78 is 2.27. The van der Waals surface area contributed by atoms with Crippen LogP contribution in [-0.4, -0.2) is 31.2 Å². The van der Waals surface area contributed by atoms with E-state index in [9.17, 15) is 0 Å². The summed E-state index contributed by atoms with van der Waals surface area (Å²) in [7, 11) is 0. The Kier molecular flexibility index (Phi) is 4.74. The Morgan fingerprint density at radius 3 is 2.12 bits per heavy atom. The average Bonchev–Trinajstić information content (AvgIpc) is 3.28. The van der Waals surface area contributed by atoms with Crippen molar-refractivity contribution in [1.29, 1.82) is 0 Å². The molecule has 0 radical (unpaired) electrons. The van der Waals surface area contributed by atoms with E-state index < -0.39 is 0 Å². The van der Waals surface area contributed by atoms with Crippen LogP contribution in [0.15, 0.2) is 97.2 Å². The number of benzene rings is 3. The fourth-order valence-electron chi connectivity index (χ4n) is 4.77. The molecule has 5 aromatic rings. The van der Waals surface area contributed by atoms with Gasteiger partial charge in [-0.3, -0.25) is 9.88 Å². The number of para-hydroxylation sites is 1. The first kappa shape index (κ1) is 18.9. The molecule has 0 spiro atoms. The molecule has 0 N–H and O–H groups in total. The fourth-order valence-corrected chi connectivity index (χ4v) is 4.77. The summed E-state index contributed by atoms with van der Waals surface area (Å²) in [6, 6.07) is 31.9. The highest BCUT2D eigenvalue weighted by molar-refractivity contribution is 5.92. The lowest BCUT2D eigenvalue weighted by Gasteiger charge is -2.35. The summed E-state index contributed by atoms with van der Waals surface area (Å²) in [5.74, 6) is 1.93. The maximum atomic E-state index is 4.62. The molecule has 3 aromatic carbocycles.